The molecule has 0 bridgehead atoms. The first-order valence-corrected chi connectivity index (χ1v) is 12.4. The summed E-state index contributed by atoms with van der Waals surface area (Å²) in [6.07, 6.45) is 0.856. The van der Waals surface area contributed by atoms with E-state index in [1.54, 1.807) is 10.6 Å². The second-order valence-corrected chi connectivity index (χ2v) is 10.1. The molecule has 0 unspecified atom stereocenters. The molecule has 174 valence electrons. The van der Waals surface area contributed by atoms with Crippen molar-refractivity contribution in [3.63, 3.8) is 0 Å². The van der Waals surface area contributed by atoms with Crippen LogP contribution in [0.5, 0.6) is 0 Å². The zero-order valence-electron chi connectivity index (χ0n) is 19.0. The summed E-state index contributed by atoms with van der Waals surface area (Å²) in [5.41, 5.74) is 2.42. The lowest BCUT2D eigenvalue weighted by Crippen LogP contribution is -2.24. The highest BCUT2D eigenvalue weighted by molar-refractivity contribution is 7.98. The Hall–Kier alpha value is -3.10. The lowest BCUT2D eigenvalue weighted by atomic mass is 10.1. The van der Waals surface area contributed by atoms with Gasteiger partial charge in [-0.25, -0.2) is 4.79 Å². The number of hydrogen-bond donors (Lipinski definition) is 0. The Morgan fingerprint density at radius 2 is 1.88 bits per heavy atom. The van der Waals surface area contributed by atoms with Crippen molar-refractivity contribution in [2.45, 2.75) is 44.6 Å². The smallest absolute Gasteiger partial charge is 0.336 e. The normalized spacial score (nSPS) is 11.9. The Balaban J connectivity index is 1.62. The molecule has 0 aliphatic heterocycles. The molecule has 3 aromatic heterocycles. The van der Waals surface area contributed by atoms with E-state index in [0.717, 1.165) is 28.5 Å². The van der Waals surface area contributed by atoms with Gasteiger partial charge in [0.25, 0.3) is 5.56 Å². The Labute approximate surface area is 204 Å². The molecule has 9 heteroatoms. The van der Waals surface area contributed by atoms with E-state index in [-0.39, 0.29) is 5.56 Å². The lowest BCUT2D eigenvalue weighted by Gasteiger charge is -2.12. The second-order valence-electron chi connectivity index (χ2n) is 8.75. The van der Waals surface area contributed by atoms with Crippen molar-refractivity contribution < 1.29 is 4.42 Å². The Bertz CT molecular complexity index is 1670. The van der Waals surface area contributed by atoms with Crippen LogP contribution in [0.1, 0.15) is 31.4 Å². The largest absolute Gasteiger partial charge is 0.423 e. The van der Waals surface area contributed by atoms with Gasteiger partial charge in [-0.05, 0) is 54.7 Å². The van der Waals surface area contributed by atoms with E-state index >= 15 is 0 Å². The summed E-state index contributed by atoms with van der Waals surface area (Å²) < 4.78 is 9.01. The summed E-state index contributed by atoms with van der Waals surface area (Å²) in [5.74, 6) is 1.42. The molecule has 0 fully saturated rings. The van der Waals surface area contributed by atoms with Crippen molar-refractivity contribution in [3.05, 3.63) is 79.4 Å². The first-order valence-electron chi connectivity index (χ1n) is 11.1. The highest BCUT2D eigenvalue weighted by Gasteiger charge is 2.18. The molecular weight excluding hydrogens is 472 g/mol. The third-order valence-corrected chi connectivity index (χ3v) is 7.26. The molecule has 34 heavy (non-hydrogen) atoms. The first-order chi connectivity index (χ1) is 16.3. The summed E-state index contributed by atoms with van der Waals surface area (Å²) >= 11 is 7.79. The van der Waals surface area contributed by atoms with Crippen LogP contribution in [0.3, 0.4) is 0 Å². The van der Waals surface area contributed by atoms with Gasteiger partial charge in [0.15, 0.2) is 5.16 Å². The number of aromatic nitrogens is 4. The van der Waals surface area contributed by atoms with Gasteiger partial charge >= 0.3 is 5.63 Å². The molecule has 5 rings (SSSR count). The number of aryl methyl sites for hydroxylation is 2. The predicted molar refractivity (Wildman–Crippen MR) is 136 cm³/mol. The molecule has 0 N–H and O–H groups in total. The predicted octanol–water partition coefficient (Wildman–Crippen LogP) is 5.45. The number of thioether (sulfide) groups is 1. The lowest BCUT2D eigenvalue weighted by molar-refractivity contribution is 0.512. The van der Waals surface area contributed by atoms with Crippen LogP contribution in [0.4, 0.5) is 0 Å². The van der Waals surface area contributed by atoms with Crippen LogP contribution in [0.15, 0.2) is 61.6 Å². The average molecular weight is 495 g/mol. The van der Waals surface area contributed by atoms with Crippen molar-refractivity contribution in [1.29, 1.82) is 0 Å². The van der Waals surface area contributed by atoms with Gasteiger partial charge in [0.05, 0.1) is 10.9 Å². The maximum absolute atomic E-state index is 13.2. The van der Waals surface area contributed by atoms with Crippen molar-refractivity contribution in [3.8, 4) is 0 Å². The van der Waals surface area contributed by atoms with E-state index in [4.69, 9.17) is 16.0 Å². The molecule has 0 radical (unpaired) electrons. The highest BCUT2D eigenvalue weighted by Crippen LogP contribution is 2.30. The second kappa shape index (κ2) is 8.92. The monoisotopic (exact) mass is 494 g/mol. The number of benzene rings is 2. The third kappa shape index (κ3) is 4.01. The van der Waals surface area contributed by atoms with Crippen LogP contribution in [0.25, 0.3) is 27.6 Å². The van der Waals surface area contributed by atoms with Crippen LogP contribution in [0.2, 0.25) is 5.02 Å². The molecule has 0 saturated heterocycles. The molecular formula is C25H23ClN4O3S. The van der Waals surface area contributed by atoms with Gasteiger partial charge in [0.2, 0.25) is 5.78 Å². The number of fused-ring (bicyclic) bond motifs is 4. The average Bonchev–Trinajstić information content (AvgIpc) is 3.22. The van der Waals surface area contributed by atoms with E-state index in [2.05, 4.69) is 24.0 Å². The summed E-state index contributed by atoms with van der Waals surface area (Å²) in [6.45, 7) is 6.69. The summed E-state index contributed by atoms with van der Waals surface area (Å²) in [5, 5.41) is 11.5. The van der Waals surface area contributed by atoms with Crippen molar-refractivity contribution >= 4 is 51.0 Å². The van der Waals surface area contributed by atoms with Gasteiger partial charge < -0.3 is 4.42 Å². The van der Waals surface area contributed by atoms with E-state index in [1.807, 2.05) is 41.7 Å². The first kappa shape index (κ1) is 22.7. The van der Waals surface area contributed by atoms with E-state index in [0.29, 0.717) is 45.1 Å². The molecule has 0 amide bonds. The minimum atomic E-state index is -0.413. The maximum atomic E-state index is 13.2. The molecule has 0 aliphatic carbocycles. The fraction of sp³-hybridized carbons (Fsp3) is 0.280. The number of para-hydroxylation sites is 1. The van der Waals surface area contributed by atoms with Crippen molar-refractivity contribution in [1.82, 2.24) is 19.2 Å². The summed E-state index contributed by atoms with van der Waals surface area (Å²) in [7, 11) is 0. The number of halogens is 1. The summed E-state index contributed by atoms with van der Waals surface area (Å²) in [4.78, 5) is 25.4. The number of nitrogens with zero attached hydrogens (tertiary/aromatic N) is 4. The molecule has 3 heterocycles. The van der Waals surface area contributed by atoms with Gasteiger partial charge in [0.1, 0.15) is 5.58 Å². The van der Waals surface area contributed by atoms with Gasteiger partial charge in [0, 0.05) is 28.8 Å². The van der Waals surface area contributed by atoms with E-state index in [9.17, 15) is 9.59 Å². The SMILES string of the molecule is Cc1cc2oc(=O)cc(CSc3nnc4n(CCC(C)C)c(=O)c5ccccc5n34)c2cc1Cl. The zero-order valence-corrected chi connectivity index (χ0v) is 20.6. The van der Waals surface area contributed by atoms with Crippen molar-refractivity contribution in [2.24, 2.45) is 5.92 Å². The molecule has 2 aromatic carbocycles. The molecule has 7 nitrogen and oxygen atoms in total. The van der Waals surface area contributed by atoms with Crippen LogP contribution in [-0.4, -0.2) is 19.2 Å². The van der Waals surface area contributed by atoms with Crippen LogP contribution in [0, 0.1) is 12.8 Å². The summed E-state index contributed by atoms with van der Waals surface area (Å²) in [6, 6.07) is 12.6. The Morgan fingerprint density at radius 1 is 1.09 bits per heavy atom. The van der Waals surface area contributed by atoms with E-state index in [1.165, 1.54) is 17.8 Å². The molecule has 0 aliphatic rings. The van der Waals surface area contributed by atoms with Gasteiger partial charge in [-0.1, -0.05) is 49.3 Å². The van der Waals surface area contributed by atoms with Gasteiger partial charge in [-0.15, -0.1) is 10.2 Å². The standard InChI is InChI=1S/C25H23ClN4O3S/c1-14(2)8-9-29-23(32)17-6-4-5-7-20(17)30-24(29)27-28-25(30)34-13-16-11-22(31)33-21-10-15(3)19(26)12-18(16)21/h4-7,10-12,14H,8-9,13H2,1-3H3. The fourth-order valence-electron chi connectivity index (χ4n) is 4.03. The topological polar surface area (TPSA) is 82.4 Å². The highest BCUT2D eigenvalue weighted by atomic mass is 35.5. The third-order valence-electron chi connectivity index (χ3n) is 5.87. The molecule has 0 saturated carbocycles. The quantitative estimate of drug-likeness (QED) is 0.230. The van der Waals surface area contributed by atoms with Crippen LogP contribution < -0.4 is 11.2 Å². The zero-order chi connectivity index (χ0) is 24.0. The Morgan fingerprint density at radius 3 is 2.68 bits per heavy atom. The molecule has 0 spiro atoms. The van der Waals surface area contributed by atoms with Crippen LogP contribution in [-0.2, 0) is 12.3 Å². The van der Waals surface area contributed by atoms with Gasteiger partial charge in [-0.3, -0.25) is 13.8 Å². The number of rotatable bonds is 6. The molecule has 0 atom stereocenters. The Kier molecular flexibility index (Phi) is 5.95. The number of hydrogen-bond acceptors (Lipinski definition) is 6. The van der Waals surface area contributed by atoms with E-state index < -0.39 is 5.63 Å². The van der Waals surface area contributed by atoms with Crippen LogP contribution >= 0.6 is 23.4 Å². The van der Waals surface area contributed by atoms with Gasteiger partial charge in [-0.2, -0.15) is 0 Å². The molecule has 5 aromatic rings. The minimum Gasteiger partial charge on any atom is -0.423 e. The fourth-order valence-corrected chi connectivity index (χ4v) is 5.12. The maximum Gasteiger partial charge on any atom is 0.336 e. The minimum absolute atomic E-state index is 0.0654. The van der Waals surface area contributed by atoms with Crippen molar-refractivity contribution in [2.75, 3.05) is 0 Å².